The van der Waals surface area contributed by atoms with Crippen molar-refractivity contribution in [2.45, 2.75) is 33.9 Å². The molecule has 0 saturated heterocycles. The molecule has 2 aromatic heterocycles. The predicted molar refractivity (Wildman–Crippen MR) is 95.8 cm³/mol. The number of hydrogen-bond donors (Lipinski definition) is 1. The lowest BCUT2D eigenvalue weighted by Crippen LogP contribution is -2.27. The van der Waals surface area contributed by atoms with E-state index in [0.29, 0.717) is 12.2 Å². The number of pyridine rings is 1. The average Bonchev–Trinajstić information content (AvgIpc) is 2.78. The fraction of sp³-hybridized carbons (Fsp3) is 0.368. The molecular formula is C19H23N3O2. The maximum Gasteiger partial charge on any atom is 0.330 e. The molecule has 0 spiro atoms. The topological polar surface area (TPSA) is 60.0 Å². The lowest BCUT2D eigenvalue weighted by molar-refractivity contribution is 0.282. The number of hydrogen-bond acceptors (Lipinski definition) is 3. The molecule has 0 saturated carbocycles. The molecule has 5 nitrogen and oxygen atoms in total. The van der Waals surface area contributed by atoms with Crippen LogP contribution >= 0.6 is 0 Å². The Balaban J connectivity index is 2.11. The Kier molecular flexibility index (Phi) is 4.05. The zero-order valence-corrected chi connectivity index (χ0v) is 14.6. The number of imidazole rings is 1. The largest absolute Gasteiger partial charge is 0.392 e. The summed E-state index contributed by atoms with van der Waals surface area (Å²) in [4.78, 5) is 17.2. The number of benzene rings is 1. The monoisotopic (exact) mass is 325 g/mol. The third kappa shape index (κ3) is 2.99. The summed E-state index contributed by atoms with van der Waals surface area (Å²) in [5.41, 5.74) is 4.15. The van der Waals surface area contributed by atoms with Crippen LogP contribution in [0.4, 0.5) is 0 Å². The van der Waals surface area contributed by atoms with Gasteiger partial charge in [0.2, 0.25) is 0 Å². The van der Waals surface area contributed by atoms with Crippen LogP contribution in [0.15, 0.2) is 41.2 Å². The minimum absolute atomic E-state index is 0.0108. The summed E-state index contributed by atoms with van der Waals surface area (Å²) >= 11 is 0. The zero-order valence-electron chi connectivity index (χ0n) is 14.6. The fourth-order valence-corrected chi connectivity index (χ4v) is 2.84. The van der Waals surface area contributed by atoms with Crippen molar-refractivity contribution in [1.82, 2.24) is 14.1 Å². The van der Waals surface area contributed by atoms with Crippen LogP contribution in [0.2, 0.25) is 0 Å². The number of aryl methyl sites for hydroxylation is 1. The van der Waals surface area contributed by atoms with Crippen LogP contribution in [-0.4, -0.2) is 19.2 Å². The summed E-state index contributed by atoms with van der Waals surface area (Å²) < 4.78 is 3.40. The maximum atomic E-state index is 12.6. The van der Waals surface area contributed by atoms with Gasteiger partial charge in [-0.3, -0.25) is 9.13 Å². The van der Waals surface area contributed by atoms with Crippen LogP contribution in [0.5, 0.6) is 0 Å². The van der Waals surface area contributed by atoms with Crippen molar-refractivity contribution in [3.63, 3.8) is 0 Å². The maximum absolute atomic E-state index is 12.6. The molecule has 0 aliphatic rings. The number of nitrogens with zero attached hydrogens (tertiary/aromatic N) is 3. The van der Waals surface area contributed by atoms with Gasteiger partial charge in [-0.05, 0) is 23.1 Å². The number of rotatable bonds is 3. The predicted octanol–water partition coefficient (Wildman–Crippen LogP) is 2.94. The van der Waals surface area contributed by atoms with E-state index < -0.39 is 0 Å². The van der Waals surface area contributed by atoms with E-state index in [1.807, 2.05) is 36.4 Å². The Labute approximate surface area is 141 Å². The van der Waals surface area contributed by atoms with E-state index in [1.165, 1.54) is 0 Å². The lowest BCUT2D eigenvalue weighted by Gasteiger charge is -2.18. The summed E-state index contributed by atoms with van der Waals surface area (Å²) in [6.45, 7) is 7.01. The highest BCUT2D eigenvalue weighted by Gasteiger charge is 2.18. The number of fused-ring (bicyclic) bond motifs is 1. The minimum Gasteiger partial charge on any atom is -0.392 e. The number of aromatic nitrogens is 3. The Hall–Kier alpha value is -2.40. The smallest absolute Gasteiger partial charge is 0.330 e. The van der Waals surface area contributed by atoms with Crippen molar-refractivity contribution in [1.29, 1.82) is 0 Å². The molecule has 1 N–H and O–H groups in total. The van der Waals surface area contributed by atoms with Gasteiger partial charge >= 0.3 is 5.69 Å². The zero-order chi connectivity index (χ0) is 17.5. The second kappa shape index (κ2) is 5.91. The van der Waals surface area contributed by atoms with Gasteiger partial charge in [0, 0.05) is 19.2 Å². The van der Waals surface area contributed by atoms with Gasteiger partial charge in [-0.25, -0.2) is 9.78 Å². The molecule has 0 unspecified atom stereocenters. The molecule has 5 heteroatoms. The third-order valence-corrected chi connectivity index (χ3v) is 4.05. The normalized spacial score (nSPS) is 12.0. The van der Waals surface area contributed by atoms with E-state index in [1.54, 1.807) is 16.2 Å². The van der Waals surface area contributed by atoms with E-state index >= 15 is 0 Å². The van der Waals surface area contributed by atoms with Gasteiger partial charge in [0.25, 0.3) is 0 Å². The van der Waals surface area contributed by atoms with Gasteiger partial charge in [-0.15, -0.1) is 0 Å². The van der Waals surface area contributed by atoms with Crippen LogP contribution in [-0.2, 0) is 20.2 Å². The van der Waals surface area contributed by atoms with Crippen LogP contribution in [0, 0.1) is 5.41 Å². The first-order valence-corrected chi connectivity index (χ1v) is 8.06. The first-order valence-electron chi connectivity index (χ1n) is 8.06. The van der Waals surface area contributed by atoms with E-state index in [9.17, 15) is 4.79 Å². The minimum atomic E-state index is -0.0415. The molecule has 0 fully saturated rings. The molecule has 1 aromatic carbocycles. The second-order valence-corrected chi connectivity index (χ2v) is 7.38. The van der Waals surface area contributed by atoms with E-state index in [2.05, 4.69) is 20.8 Å². The Morgan fingerprint density at radius 2 is 1.75 bits per heavy atom. The molecule has 2 heterocycles. The molecule has 3 rings (SSSR count). The highest BCUT2D eigenvalue weighted by Crippen LogP contribution is 2.23. The van der Waals surface area contributed by atoms with E-state index in [4.69, 9.17) is 10.1 Å². The van der Waals surface area contributed by atoms with Gasteiger partial charge in [0.1, 0.15) is 0 Å². The molecule has 126 valence electrons. The summed E-state index contributed by atoms with van der Waals surface area (Å²) in [6, 6.07) is 11.5. The highest BCUT2D eigenvalue weighted by molar-refractivity contribution is 5.76. The van der Waals surface area contributed by atoms with Crippen LogP contribution < -0.4 is 5.69 Å². The summed E-state index contributed by atoms with van der Waals surface area (Å²) in [6.07, 6.45) is 0. The Morgan fingerprint density at radius 1 is 1.08 bits per heavy atom. The van der Waals surface area contributed by atoms with Gasteiger partial charge in [0.05, 0.1) is 17.8 Å². The van der Waals surface area contributed by atoms with Gasteiger partial charge < -0.3 is 5.11 Å². The molecule has 24 heavy (non-hydrogen) atoms. The molecule has 0 radical (unpaired) electrons. The molecule has 0 aliphatic heterocycles. The van der Waals surface area contributed by atoms with Crippen molar-refractivity contribution >= 4 is 11.2 Å². The fourth-order valence-electron chi connectivity index (χ4n) is 2.84. The van der Waals surface area contributed by atoms with E-state index in [0.717, 1.165) is 22.3 Å². The standard InChI is InChI=1S/C19H23N3O2/c1-19(2,3)12-22-16-10-9-15(20-17(16)21(4)18(22)24)14-7-5-13(11-23)6-8-14/h5-10,23H,11-12H2,1-4H3. The molecule has 3 aromatic rings. The quantitative estimate of drug-likeness (QED) is 0.805. The number of aliphatic hydroxyl groups is 1. The SMILES string of the molecule is Cn1c(=O)n(CC(C)(C)C)c2ccc(-c3ccc(CO)cc3)nc21. The van der Waals surface area contributed by atoms with Crippen molar-refractivity contribution in [2.75, 3.05) is 0 Å². The molecule has 0 aliphatic carbocycles. The molecule has 0 atom stereocenters. The second-order valence-electron chi connectivity index (χ2n) is 7.38. The Morgan fingerprint density at radius 3 is 2.33 bits per heavy atom. The molecule has 0 bridgehead atoms. The van der Waals surface area contributed by atoms with Crippen LogP contribution in [0.1, 0.15) is 26.3 Å². The summed E-state index contributed by atoms with van der Waals surface area (Å²) in [7, 11) is 1.76. The highest BCUT2D eigenvalue weighted by atomic mass is 16.3. The van der Waals surface area contributed by atoms with Gasteiger partial charge in [-0.2, -0.15) is 0 Å². The molecule has 0 amide bonds. The lowest BCUT2D eigenvalue weighted by atomic mass is 9.97. The van der Waals surface area contributed by atoms with Gasteiger partial charge in [-0.1, -0.05) is 45.0 Å². The van der Waals surface area contributed by atoms with E-state index in [-0.39, 0.29) is 17.7 Å². The molecular weight excluding hydrogens is 302 g/mol. The first kappa shape index (κ1) is 16.5. The van der Waals surface area contributed by atoms with Crippen molar-refractivity contribution < 1.29 is 5.11 Å². The number of aliphatic hydroxyl groups excluding tert-OH is 1. The first-order chi connectivity index (χ1) is 11.3. The van der Waals surface area contributed by atoms with Gasteiger partial charge in [0.15, 0.2) is 5.65 Å². The van der Waals surface area contributed by atoms with Crippen molar-refractivity contribution in [2.24, 2.45) is 12.5 Å². The average molecular weight is 325 g/mol. The summed E-state index contributed by atoms with van der Waals surface area (Å²) in [5.74, 6) is 0. The Bertz CT molecular complexity index is 928. The third-order valence-electron chi connectivity index (χ3n) is 4.05. The van der Waals surface area contributed by atoms with Crippen molar-refractivity contribution in [3.05, 3.63) is 52.4 Å². The summed E-state index contributed by atoms with van der Waals surface area (Å²) in [5, 5.41) is 9.15. The van der Waals surface area contributed by atoms with Crippen LogP contribution in [0.3, 0.4) is 0 Å². The van der Waals surface area contributed by atoms with Crippen molar-refractivity contribution in [3.8, 4) is 11.3 Å². The van der Waals surface area contributed by atoms with Crippen LogP contribution in [0.25, 0.3) is 22.4 Å².